The summed E-state index contributed by atoms with van der Waals surface area (Å²) in [5.74, 6) is 1.39. The van der Waals surface area contributed by atoms with Crippen LogP contribution < -0.4 is 10.1 Å². The van der Waals surface area contributed by atoms with Crippen LogP contribution in [0.3, 0.4) is 0 Å². The molecule has 4 aromatic rings. The Kier molecular flexibility index (Phi) is 4.37. The third-order valence-electron chi connectivity index (χ3n) is 5.03. The van der Waals surface area contributed by atoms with Crippen molar-refractivity contribution in [1.82, 2.24) is 20.3 Å². The van der Waals surface area contributed by atoms with Crippen molar-refractivity contribution in [1.29, 1.82) is 0 Å². The third kappa shape index (κ3) is 3.40. The Labute approximate surface area is 167 Å². The number of hydrogen-bond acceptors (Lipinski definition) is 5. The Bertz CT molecular complexity index is 1180. The maximum Gasteiger partial charge on any atom is 0.270 e. The maximum atomic E-state index is 12.2. The number of rotatable bonds is 4. The van der Waals surface area contributed by atoms with Crippen LogP contribution in [0.15, 0.2) is 73.2 Å². The Morgan fingerprint density at radius 3 is 2.69 bits per heavy atom. The van der Waals surface area contributed by atoms with E-state index in [4.69, 9.17) is 4.74 Å². The number of carbonyl (C=O) groups excluding carboxylic acids is 1. The minimum absolute atomic E-state index is 0.0969. The minimum Gasteiger partial charge on any atom is -0.488 e. The van der Waals surface area contributed by atoms with Crippen LogP contribution in [0.5, 0.6) is 5.75 Å². The molecule has 0 bridgehead atoms. The molecule has 0 aliphatic carbocycles. The van der Waals surface area contributed by atoms with Crippen molar-refractivity contribution in [3.63, 3.8) is 0 Å². The van der Waals surface area contributed by atoms with E-state index in [0.717, 1.165) is 28.5 Å². The van der Waals surface area contributed by atoms with Crippen LogP contribution in [0.1, 0.15) is 16.1 Å². The van der Waals surface area contributed by atoms with Crippen LogP contribution in [0.4, 0.5) is 0 Å². The van der Waals surface area contributed by atoms with Crippen LogP contribution in [0, 0.1) is 0 Å². The van der Waals surface area contributed by atoms with Gasteiger partial charge in [0, 0.05) is 36.1 Å². The van der Waals surface area contributed by atoms with Gasteiger partial charge in [-0.1, -0.05) is 24.3 Å². The summed E-state index contributed by atoms with van der Waals surface area (Å²) in [6.07, 6.45) is 5.74. The van der Waals surface area contributed by atoms with E-state index < -0.39 is 0 Å². The van der Waals surface area contributed by atoms with Crippen molar-refractivity contribution in [3.05, 3.63) is 84.4 Å². The van der Waals surface area contributed by atoms with Crippen molar-refractivity contribution < 1.29 is 9.53 Å². The van der Waals surface area contributed by atoms with Gasteiger partial charge in [0.2, 0.25) is 0 Å². The van der Waals surface area contributed by atoms with Gasteiger partial charge in [0.25, 0.3) is 5.91 Å². The fourth-order valence-corrected chi connectivity index (χ4v) is 3.64. The SMILES string of the molecule is O=C(NCC1Cc2c(ccc3cc(-c4ncccn4)ccc23)O1)c1ccccn1. The molecule has 5 rings (SSSR count). The monoisotopic (exact) mass is 382 g/mol. The van der Waals surface area contributed by atoms with E-state index in [1.54, 1.807) is 36.8 Å². The van der Waals surface area contributed by atoms with Crippen molar-refractivity contribution >= 4 is 16.7 Å². The van der Waals surface area contributed by atoms with Crippen LogP contribution in [-0.4, -0.2) is 33.5 Å². The highest BCUT2D eigenvalue weighted by Crippen LogP contribution is 2.36. The smallest absolute Gasteiger partial charge is 0.270 e. The molecule has 1 N–H and O–H groups in total. The van der Waals surface area contributed by atoms with Gasteiger partial charge in [-0.15, -0.1) is 0 Å². The van der Waals surface area contributed by atoms with Gasteiger partial charge in [-0.05, 0) is 41.1 Å². The Balaban J connectivity index is 1.34. The Hall–Kier alpha value is -3.80. The molecule has 0 saturated heterocycles. The molecule has 1 aliphatic heterocycles. The zero-order valence-corrected chi connectivity index (χ0v) is 15.6. The summed E-state index contributed by atoms with van der Waals surface area (Å²) < 4.78 is 6.06. The first-order chi connectivity index (χ1) is 14.3. The van der Waals surface area contributed by atoms with Gasteiger partial charge in [-0.2, -0.15) is 0 Å². The largest absolute Gasteiger partial charge is 0.488 e. The van der Waals surface area contributed by atoms with Gasteiger partial charge in [-0.25, -0.2) is 9.97 Å². The molecule has 1 atom stereocenters. The van der Waals surface area contributed by atoms with E-state index in [1.807, 2.05) is 18.2 Å². The molecule has 0 radical (unpaired) electrons. The molecule has 0 spiro atoms. The molecule has 3 heterocycles. The number of nitrogens with one attached hydrogen (secondary N) is 1. The van der Waals surface area contributed by atoms with Gasteiger partial charge in [-0.3, -0.25) is 9.78 Å². The predicted octanol–water partition coefficient (Wildman–Crippen LogP) is 3.43. The molecule has 1 unspecified atom stereocenters. The molecular weight excluding hydrogens is 364 g/mol. The van der Waals surface area contributed by atoms with E-state index in [-0.39, 0.29) is 12.0 Å². The summed E-state index contributed by atoms with van der Waals surface area (Å²) >= 11 is 0. The Morgan fingerprint density at radius 1 is 1.00 bits per heavy atom. The minimum atomic E-state index is -0.192. The number of hydrogen-bond donors (Lipinski definition) is 1. The molecule has 29 heavy (non-hydrogen) atoms. The summed E-state index contributed by atoms with van der Waals surface area (Å²) in [7, 11) is 0. The highest BCUT2D eigenvalue weighted by molar-refractivity contribution is 5.92. The van der Waals surface area contributed by atoms with Crippen LogP contribution in [0.25, 0.3) is 22.2 Å². The van der Waals surface area contributed by atoms with Gasteiger partial charge >= 0.3 is 0 Å². The molecule has 1 amide bonds. The standard InChI is InChI=1S/C23H18N4O2/c28-23(20-4-1-2-9-24-20)27-14-17-13-19-18-7-5-16(22-25-10-3-11-26-22)12-15(18)6-8-21(19)29-17/h1-12,17H,13-14H2,(H,27,28). The highest BCUT2D eigenvalue weighted by atomic mass is 16.5. The summed E-state index contributed by atoms with van der Waals surface area (Å²) in [5, 5.41) is 5.19. The number of benzene rings is 2. The first kappa shape index (κ1) is 17.3. The normalized spacial score (nSPS) is 15.0. The molecule has 2 aromatic heterocycles. The summed E-state index contributed by atoms with van der Waals surface area (Å²) in [4.78, 5) is 24.9. The zero-order valence-electron chi connectivity index (χ0n) is 15.6. The quantitative estimate of drug-likeness (QED) is 0.585. The van der Waals surface area contributed by atoms with Crippen molar-refractivity contribution in [3.8, 4) is 17.1 Å². The fourth-order valence-electron chi connectivity index (χ4n) is 3.64. The van der Waals surface area contributed by atoms with Gasteiger partial charge in [0.05, 0.1) is 6.54 Å². The Morgan fingerprint density at radius 2 is 1.86 bits per heavy atom. The number of pyridine rings is 1. The molecule has 142 valence electrons. The maximum absolute atomic E-state index is 12.2. The van der Waals surface area contributed by atoms with Crippen molar-refractivity contribution in [2.75, 3.05) is 6.54 Å². The molecule has 2 aromatic carbocycles. The molecular formula is C23H18N4O2. The molecule has 6 nitrogen and oxygen atoms in total. The highest BCUT2D eigenvalue weighted by Gasteiger charge is 2.25. The van der Waals surface area contributed by atoms with Crippen molar-refractivity contribution in [2.24, 2.45) is 0 Å². The van der Waals surface area contributed by atoms with E-state index in [1.165, 1.54) is 5.56 Å². The van der Waals surface area contributed by atoms with E-state index in [2.05, 4.69) is 38.5 Å². The molecule has 1 aliphatic rings. The second-order valence-electron chi connectivity index (χ2n) is 6.92. The zero-order chi connectivity index (χ0) is 19.6. The first-order valence-corrected chi connectivity index (χ1v) is 9.47. The van der Waals surface area contributed by atoms with E-state index >= 15 is 0 Å². The number of carbonyl (C=O) groups is 1. The lowest BCUT2D eigenvalue weighted by Gasteiger charge is -2.11. The average molecular weight is 382 g/mol. The number of ether oxygens (including phenoxy) is 1. The lowest BCUT2D eigenvalue weighted by molar-refractivity contribution is 0.0928. The molecule has 0 saturated carbocycles. The van der Waals surface area contributed by atoms with Crippen molar-refractivity contribution in [2.45, 2.75) is 12.5 Å². The topological polar surface area (TPSA) is 77.0 Å². The second kappa shape index (κ2) is 7.31. The predicted molar refractivity (Wildman–Crippen MR) is 110 cm³/mol. The number of aromatic nitrogens is 3. The van der Waals surface area contributed by atoms with Crippen LogP contribution in [0.2, 0.25) is 0 Å². The van der Waals surface area contributed by atoms with Gasteiger partial charge < -0.3 is 10.1 Å². The lowest BCUT2D eigenvalue weighted by Crippen LogP contribution is -2.34. The lowest BCUT2D eigenvalue weighted by atomic mass is 9.99. The van der Waals surface area contributed by atoms with E-state index in [0.29, 0.717) is 18.1 Å². The van der Waals surface area contributed by atoms with E-state index in [9.17, 15) is 4.79 Å². The summed E-state index contributed by atoms with van der Waals surface area (Å²) in [6, 6.07) is 17.4. The number of amides is 1. The summed E-state index contributed by atoms with van der Waals surface area (Å²) in [5.41, 5.74) is 2.56. The average Bonchev–Trinajstić information content (AvgIpc) is 3.22. The van der Waals surface area contributed by atoms with Gasteiger partial charge in [0.15, 0.2) is 5.82 Å². The fraction of sp³-hybridized carbons (Fsp3) is 0.130. The molecule has 0 fully saturated rings. The third-order valence-corrected chi connectivity index (χ3v) is 5.03. The molecule has 6 heteroatoms. The number of nitrogens with zero attached hydrogens (tertiary/aromatic N) is 3. The van der Waals surface area contributed by atoms with Crippen LogP contribution in [-0.2, 0) is 6.42 Å². The first-order valence-electron chi connectivity index (χ1n) is 9.47. The second-order valence-corrected chi connectivity index (χ2v) is 6.92. The van der Waals surface area contributed by atoms with Crippen LogP contribution >= 0.6 is 0 Å². The number of fused-ring (bicyclic) bond motifs is 3. The summed E-state index contributed by atoms with van der Waals surface area (Å²) in [6.45, 7) is 0.432. The van der Waals surface area contributed by atoms with Gasteiger partial charge in [0.1, 0.15) is 17.5 Å².